The van der Waals surface area contributed by atoms with E-state index in [1.54, 1.807) is 29.7 Å². The molecule has 0 N–H and O–H groups in total. The first-order valence-electron chi connectivity index (χ1n) is 8.25. The second-order valence-corrected chi connectivity index (χ2v) is 6.12. The zero-order valence-corrected chi connectivity index (χ0v) is 13.4. The summed E-state index contributed by atoms with van der Waals surface area (Å²) in [5.74, 6) is 0.465. The first-order chi connectivity index (χ1) is 11.8. The van der Waals surface area contributed by atoms with E-state index >= 15 is 0 Å². The number of benzene rings is 1. The summed E-state index contributed by atoms with van der Waals surface area (Å²) in [6, 6.07) is 7.53. The first kappa shape index (κ1) is 15.2. The van der Waals surface area contributed by atoms with Crippen molar-refractivity contribution in [1.82, 2.24) is 19.5 Å². The van der Waals surface area contributed by atoms with E-state index in [0.717, 1.165) is 44.7 Å². The highest BCUT2D eigenvalue weighted by Gasteiger charge is 2.31. The maximum atomic E-state index is 12.1. The molecule has 0 amide bonds. The van der Waals surface area contributed by atoms with Gasteiger partial charge >= 0.3 is 6.16 Å². The Bertz CT molecular complexity index is 678. The quantitative estimate of drug-likeness (QED) is 0.635. The number of piperidine rings is 1. The van der Waals surface area contributed by atoms with E-state index < -0.39 is 6.16 Å². The van der Waals surface area contributed by atoms with E-state index in [4.69, 9.17) is 9.57 Å². The summed E-state index contributed by atoms with van der Waals surface area (Å²) in [6.45, 7) is 3.83. The number of carbonyl (C=O) groups excluding carboxylic acids is 1. The summed E-state index contributed by atoms with van der Waals surface area (Å²) in [5, 5.41) is 1.79. The topological polar surface area (TPSA) is 59.8 Å². The molecule has 5 rings (SSSR count). The largest absolute Gasteiger partial charge is 0.533 e. The molecule has 1 aromatic carbocycles. The van der Waals surface area contributed by atoms with Crippen molar-refractivity contribution in [3.8, 4) is 11.4 Å². The number of carbonyl (C=O) groups is 1. The molecule has 7 nitrogen and oxygen atoms in total. The van der Waals surface area contributed by atoms with Crippen molar-refractivity contribution in [1.29, 1.82) is 0 Å². The molecule has 0 spiro atoms. The minimum absolute atomic E-state index is 0.305. The Morgan fingerprint density at radius 2 is 1.88 bits per heavy atom. The Labute approximate surface area is 140 Å². The van der Waals surface area contributed by atoms with Crippen LogP contribution in [0.15, 0.2) is 43.0 Å². The Kier molecular flexibility index (Phi) is 4.18. The second-order valence-electron chi connectivity index (χ2n) is 6.12. The Balaban J connectivity index is 1.35. The predicted octanol–water partition coefficient (Wildman–Crippen LogP) is 2.08. The summed E-state index contributed by atoms with van der Waals surface area (Å²) >= 11 is 0. The number of ether oxygens (including phenoxy) is 1. The third-order valence-electron chi connectivity index (χ3n) is 4.63. The average molecular weight is 328 g/mol. The third kappa shape index (κ3) is 3.27. The maximum Gasteiger partial charge on any atom is 0.533 e. The lowest BCUT2D eigenvalue weighted by Crippen LogP contribution is -2.39. The van der Waals surface area contributed by atoms with Crippen LogP contribution < -0.4 is 4.74 Å². The molecule has 3 fully saturated rings. The first-order valence-corrected chi connectivity index (χ1v) is 8.25. The average Bonchev–Trinajstić information content (AvgIpc) is 3.01. The van der Waals surface area contributed by atoms with Gasteiger partial charge in [0.05, 0.1) is 6.33 Å². The molecule has 0 saturated carbocycles. The van der Waals surface area contributed by atoms with Gasteiger partial charge in [0, 0.05) is 37.2 Å². The number of hydroxylamine groups is 2. The predicted molar refractivity (Wildman–Crippen MR) is 86.8 cm³/mol. The fourth-order valence-electron chi connectivity index (χ4n) is 3.28. The molecule has 7 heteroatoms. The van der Waals surface area contributed by atoms with E-state index in [9.17, 15) is 4.79 Å². The lowest BCUT2D eigenvalue weighted by molar-refractivity contribution is -0.140. The SMILES string of the molecule is O=C(Oc1ccc(-n2ccnc2)cc1)ON1CCN2CCC1CC2. The molecule has 3 saturated heterocycles. The van der Waals surface area contributed by atoms with Gasteiger partial charge in [-0.25, -0.2) is 9.78 Å². The van der Waals surface area contributed by atoms with Gasteiger partial charge in [-0.2, -0.15) is 0 Å². The van der Waals surface area contributed by atoms with Crippen molar-refractivity contribution in [2.75, 3.05) is 26.2 Å². The highest BCUT2D eigenvalue weighted by molar-refractivity contribution is 5.63. The zero-order valence-electron chi connectivity index (χ0n) is 13.4. The van der Waals surface area contributed by atoms with Gasteiger partial charge in [0.2, 0.25) is 0 Å². The Hall–Kier alpha value is -2.38. The van der Waals surface area contributed by atoms with E-state index in [2.05, 4.69) is 9.88 Å². The molecule has 0 aliphatic carbocycles. The van der Waals surface area contributed by atoms with Crippen molar-refractivity contribution < 1.29 is 14.4 Å². The molecule has 1 aromatic heterocycles. The summed E-state index contributed by atoms with van der Waals surface area (Å²) in [7, 11) is 0. The van der Waals surface area contributed by atoms with Gasteiger partial charge < -0.3 is 19.0 Å². The maximum absolute atomic E-state index is 12.1. The summed E-state index contributed by atoms with van der Waals surface area (Å²) in [6.07, 6.45) is 6.68. The number of hydrogen-bond acceptors (Lipinski definition) is 6. The third-order valence-corrected chi connectivity index (χ3v) is 4.63. The molecule has 4 heterocycles. The zero-order chi connectivity index (χ0) is 16.4. The van der Waals surface area contributed by atoms with E-state index in [1.165, 1.54) is 0 Å². The minimum Gasteiger partial charge on any atom is -0.394 e. The highest BCUT2D eigenvalue weighted by atomic mass is 16.8. The van der Waals surface area contributed by atoms with Crippen molar-refractivity contribution in [2.24, 2.45) is 0 Å². The van der Waals surface area contributed by atoms with Crippen molar-refractivity contribution in [3.05, 3.63) is 43.0 Å². The Morgan fingerprint density at radius 1 is 1.08 bits per heavy atom. The van der Waals surface area contributed by atoms with Crippen LogP contribution in [-0.4, -0.2) is 57.9 Å². The second kappa shape index (κ2) is 6.62. The fraction of sp³-hybridized carbons (Fsp3) is 0.412. The van der Waals surface area contributed by atoms with Crippen LogP contribution in [0.25, 0.3) is 5.69 Å². The van der Waals surface area contributed by atoms with Crippen molar-refractivity contribution in [2.45, 2.75) is 18.9 Å². The smallest absolute Gasteiger partial charge is 0.394 e. The highest BCUT2D eigenvalue weighted by Crippen LogP contribution is 2.22. The molecule has 0 atom stereocenters. The van der Waals surface area contributed by atoms with Gasteiger partial charge in [-0.05, 0) is 50.2 Å². The van der Waals surface area contributed by atoms with Crippen LogP contribution >= 0.6 is 0 Å². The van der Waals surface area contributed by atoms with Crippen LogP contribution in [0, 0.1) is 0 Å². The van der Waals surface area contributed by atoms with Gasteiger partial charge in [0.1, 0.15) is 5.75 Å². The van der Waals surface area contributed by atoms with Crippen LogP contribution in [0.1, 0.15) is 12.8 Å². The van der Waals surface area contributed by atoms with Gasteiger partial charge in [-0.1, -0.05) is 0 Å². The summed E-state index contributed by atoms with van der Waals surface area (Å²) < 4.78 is 7.18. The van der Waals surface area contributed by atoms with Gasteiger partial charge in [-0.3, -0.25) is 0 Å². The normalized spacial score (nSPS) is 23.7. The molecular weight excluding hydrogens is 308 g/mol. The van der Waals surface area contributed by atoms with Crippen LogP contribution in [0.5, 0.6) is 5.75 Å². The van der Waals surface area contributed by atoms with Gasteiger partial charge in [-0.15, -0.1) is 5.06 Å². The molecule has 0 radical (unpaired) electrons. The van der Waals surface area contributed by atoms with E-state index in [-0.39, 0.29) is 0 Å². The number of fused-ring (bicyclic) bond motifs is 4. The number of nitrogens with zero attached hydrogens (tertiary/aromatic N) is 4. The molecule has 2 aromatic rings. The molecule has 3 aliphatic heterocycles. The van der Waals surface area contributed by atoms with Crippen LogP contribution in [-0.2, 0) is 4.84 Å². The van der Waals surface area contributed by atoms with Crippen molar-refractivity contribution >= 4 is 6.16 Å². The number of imidazole rings is 1. The van der Waals surface area contributed by atoms with Crippen LogP contribution in [0.2, 0.25) is 0 Å². The van der Waals surface area contributed by atoms with E-state index in [0.29, 0.717) is 11.8 Å². The molecule has 3 aliphatic rings. The molecular formula is C17H20N4O3. The number of hydrogen-bond donors (Lipinski definition) is 0. The molecule has 126 valence electrons. The lowest BCUT2D eigenvalue weighted by atomic mass is 10.1. The molecule has 0 unspecified atom stereocenters. The fourth-order valence-corrected chi connectivity index (χ4v) is 3.28. The van der Waals surface area contributed by atoms with Crippen LogP contribution in [0.3, 0.4) is 0 Å². The number of rotatable bonds is 3. The van der Waals surface area contributed by atoms with Crippen LogP contribution in [0.4, 0.5) is 4.79 Å². The summed E-state index contributed by atoms with van der Waals surface area (Å²) in [5.41, 5.74) is 0.951. The molecule has 2 bridgehead atoms. The lowest BCUT2D eigenvalue weighted by Gasteiger charge is -2.29. The minimum atomic E-state index is -0.675. The Morgan fingerprint density at radius 3 is 2.58 bits per heavy atom. The number of aromatic nitrogens is 2. The standard InChI is InChI=1S/C17H20N4O3/c22-17(24-21-12-11-19-8-5-15(21)6-9-19)23-16-3-1-14(2-4-16)20-10-7-18-13-20/h1-4,7,10,13,15H,5-6,8-9,11-12H2. The van der Waals surface area contributed by atoms with E-state index in [1.807, 2.05) is 22.9 Å². The van der Waals surface area contributed by atoms with Gasteiger partial charge in [0.25, 0.3) is 0 Å². The van der Waals surface area contributed by atoms with Crippen molar-refractivity contribution in [3.63, 3.8) is 0 Å². The van der Waals surface area contributed by atoms with Gasteiger partial charge in [0.15, 0.2) is 0 Å². The monoisotopic (exact) mass is 328 g/mol. The molecule has 24 heavy (non-hydrogen) atoms. The summed E-state index contributed by atoms with van der Waals surface area (Å²) in [4.78, 5) is 23.9.